The Morgan fingerprint density at radius 2 is 1.92 bits per heavy atom. The van der Waals surface area contributed by atoms with E-state index >= 15 is 0 Å². The molecule has 5 rings (SSSR count). The van der Waals surface area contributed by atoms with E-state index < -0.39 is 0 Å². The van der Waals surface area contributed by atoms with Crippen LogP contribution in [0.15, 0.2) is 36.4 Å². The molecule has 0 radical (unpaired) electrons. The molecule has 6 nitrogen and oxygen atoms in total. The van der Waals surface area contributed by atoms with E-state index in [9.17, 15) is 9.90 Å². The van der Waals surface area contributed by atoms with Gasteiger partial charge in [0.05, 0.1) is 12.7 Å². The standard InChI is InChI=1S/C20H14O6/c1-23-15-7-11(2-4-13(15)21)16-17-10(3-5-14-19(17)26-9-25-14)6-12-8-24-20(22)18(12)16/h2-7,21H,8-9H2,1H3. The predicted octanol–water partition coefficient (Wildman–Crippen LogP) is 3.62. The van der Waals surface area contributed by atoms with Crippen LogP contribution < -0.4 is 14.2 Å². The van der Waals surface area contributed by atoms with Crippen molar-refractivity contribution >= 4 is 16.7 Å². The molecule has 0 aromatic heterocycles. The Kier molecular flexibility index (Phi) is 3.03. The maximum Gasteiger partial charge on any atom is 0.339 e. The number of phenols is 1. The molecule has 0 spiro atoms. The zero-order valence-corrected chi connectivity index (χ0v) is 13.9. The molecule has 0 atom stereocenters. The highest BCUT2D eigenvalue weighted by Crippen LogP contribution is 2.48. The van der Waals surface area contributed by atoms with Crippen molar-refractivity contribution in [3.05, 3.63) is 47.5 Å². The number of rotatable bonds is 2. The molecule has 26 heavy (non-hydrogen) atoms. The monoisotopic (exact) mass is 350 g/mol. The summed E-state index contributed by atoms with van der Waals surface area (Å²) in [4.78, 5) is 12.5. The minimum Gasteiger partial charge on any atom is -0.504 e. The quantitative estimate of drug-likeness (QED) is 0.712. The van der Waals surface area contributed by atoms with Gasteiger partial charge in [0.15, 0.2) is 23.0 Å². The van der Waals surface area contributed by atoms with Crippen molar-refractivity contribution in [1.82, 2.24) is 0 Å². The van der Waals surface area contributed by atoms with Crippen LogP contribution in [0.2, 0.25) is 0 Å². The molecule has 6 heteroatoms. The lowest BCUT2D eigenvalue weighted by Crippen LogP contribution is -2.00. The van der Waals surface area contributed by atoms with Crippen molar-refractivity contribution < 1.29 is 28.8 Å². The van der Waals surface area contributed by atoms with Gasteiger partial charge in [-0.2, -0.15) is 0 Å². The molecule has 2 aliphatic rings. The Balaban J connectivity index is 1.92. The summed E-state index contributed by atoms with van der Waals surface area (Å²) in [5.41, 5.74) is 2.75. The molecule has 0 saturated carbocycles. The average Bonchev–Trinajstić information content (AvgIpc) is 3.27. The van der Waals surface area contributed by atoms with Crippen LogP contribution >= 0.6 is 0 Å². The van der Waals surface area contributed by atoms with Crippen molar-refractivity contribution in [3.8, 4) is 34.1 Å². The highest BCUT2D eigenvalue weighted by atomic mass is 16.7. The van der Waals surface area contributed by atoms with Crippen LogP contribution in [-0.4, -0.2) is 25.0 Å². The third-order valence-electron chi connectivity index (χ3n) is 4.75. The molecule has 3 aromatic carbocycles. The molecular formula is C20H14O6. The van der Waals surface area contributed by atoms with Gasteiger partial charge in [0.1, 0.15) is 6.61 Å². The first-order valence-corrected chi connectivity index (χ1v) is 8.10. The summed E-state index contributed by atoms with van der Waals surface area (Å²) in [6.45, 7) is 0.370. The van der Waals surface area contributed by atoms with Gasteiger partial charge in [-0.25, -0.2) is 4.79 Å². The van der Waals surface area contributed by atoms with E-state index in [1.807, 2.05) is 18.2 Å². The molecule has 130 valence electrons. The van der Waals surface area contributed by atoms with Gasteiger partial charge in [-0.15, -0.1) is 0 Å². The van der Waals surface area contributed by atoms with E-state index in [0.717, 1.165) is 21.9 Å². The maximum absolute atomic E-state index is 12.5. The molecule has 1 N–H and O–H groups in total. The number of hydrogen-bond acceptors (Lipinski definition) is 6. The van der Waals surface area contributed by atoms with Crippen molar-refractivity contribution in [2.75, 3.05) is 13.9 Å². The van der Waals surface area contributed by atoms with Crippen molar-refractivity contribution in [1.29, 1.82) is 0 Å². The zero-order valence-electron chi connectivity index (χ0n) is 13.9. The second-order valence-electron chi connectivity index (χ2n) is 6.15. The number of phenolic OH excluding ortho intramolecular Hbond substituents is 1. The Morgan fingerprint density at radius 3 is 2.77 bits per heavy atom. The average molecular weight is 350 g/mol. The number of ether oxygens (including phenoxy) is 4. The highest BCUT2D eigenvalue weighted by Gasteiger charge is 2.31. The van der Waals surface area contributed by atoms with E-state index in [2.05, 4.69) is 0 Å². The van der Waals surface area contributed by atoms with Gasteiger partial charge in [0.25, 0.3) is 0 Å². The van der Waals surface area contributed by atoms with Gasteiger partial charge < -0.3 is 24.1 Å². The zero-order chi connectivity index (χ0) is 17.8. The third-order valence-corrected chi connectivity index (χ3v) is 4.75. The summed E-state index contributed by atoms with van der Waals surface area (Å²) < 4.78 is 21.7. The molecule has 2 heterocycles. The van der Waals surface area contributed by atoms with Crippen LogP contribution in [0.5, 0.6) is 23.0 Å². The fourth-order valence-corrected chi connectivity index (χ4v) is 3.60. The number of cyclic esters (lactones) is 1. The highest BCUT2D eigenvalue weighted by molar-refractivity contribution is 6.13. The first-order chi connectivity index (χ1) is 12.7. The molecule has 2 aliphatic heterocycles. The van der Waals surface area contributed by atoms with E-state index in [-0.39, 0.29) is 25.1 Å². The maximum atomic E-state index is 12.5. The van der Waals surface area contributed by atoms with Crippen LogP contribution in [0.4, 0.5) is 0 Å². The third kappa shape index (κ3) is 1.95. The van der Waals surface area contributed by atoms with Gasteiger partial charge in [-0.05, 0) is 35.2 Å². The summed E-state index contributed by atoms with van der Waals surface area (Å²) in [5, 5.41) is 11.6. The Bertz CT molecular complexity index is 1090. The van der Waals surface area contributed by atoms with E-state index in [4.69, 9.17) is 18.9 Å². The largest absolute Gasteiger partial charge is 0.504 e. The van der Waals surface area contributed by atoms with Crippen LogP contribution in [-0.2, 0) is 11.3 Å². The lowest BCUT2D eigenvalue weighted by molar-refractivity contribution is 0.0535. The number of aromatic hydroxyl groups is 1. The molecule has 0 aliphatic carbocycles. The molecule has 0 saturated heterocycles. The summed E-state index contributed by atoms with van der Waals surface area (Å²) in [7, 11) is 1.48. The number of hydrogen-bond donors (Lipinski definition) is 1. The predicted molar refractivity (Wildman–Crippen MR) is 92.8 cm³/mol. The topological polar surface area (TPSA) is 74.2 Å². The molecule has 0 amide bonds. The van der Waals surface area contributed by atoms with Crippen molar-refractivity contribution in [3.63, 3.8) is 0 Å². The van der Waals surface area contributed by atoms with Crippen LogP contribution in [0.25, 0.3) is 21.9 Å². The number of fused-ring (bicyclic) bond motifs is 4. The molecule has 0 fully saturated rings. The molecule has 0 bridgehead atoms. The molecular weight excluding hydrogens is 336 g/mol. The lowest BCUT2D eigenvalue weighted by atomic mass is 9.90. The van der Waals surface area contributed by atoms with Crippen LogP contribution in [0, 0.1) is 0 Å². The normalized spacial score (nSPS) is 14.4. The second kappa shape index (κ2) is 5.29. The van der Waals surface area contributed by atoms with E-state index in [1.165, 1.54) is 7.11 Å². The lowest BCUT2D eigenvalue weighted by Gasteiger charge is -2.14. The minimum absolute atomic E-state index is 0.0283. The van der Waals surface area contributed by atoms with E-state index in [0.29, 0.717) is 28.4 Å². The fourth-order valence-electron chi connectivity index (χ4n) is 3.60. The number of benzene rings is 3. The Morgan fingerprint density at radius 1 is 1.04 bits per heavy atom. The number of esters is 1. The first-order valence-electron chi connectivity index (χ1n) is 8.10. The van der Waals surface area contributed by atoms with Gasteiger partial charge >= 0.3 is 5.97 Å². The summed E-state index contributed by atoms with van der Waals surface area (Å²) in [6.07, 6.45) is 0. The summed E-state index contributed by atoms with van der Waals surface area (Å²) >= 11 is 0. The van der Waals surface area contributed by atoms with Gasteiger partial charge in [-0.3, -0.25) is 0 Å². The van der Waals surface area contributed by atoms with Gasteiger partial charge in [-0.1, -0.05) is 12.1 Å². The number of methoxy groups -OCH3 is 1. The SMILES string of the molecule is COc1cc(-c2c3c(cc4ccc5c(c24)OCO5)COC3=O)ccc1O. The van der Waals surface area contributed by atoms with Crippen LogP contribution in [0.1, 0.15) is 15.9 Å². The molecule has 0 unspecified atom stereocenters. The summed E-state index contributed by atoms with van der Waals surface area (Å²) in [6, 6.07) is 10.7. The fraction of sp³-hybridized carbons (Fsp3) is 0.150. The van der Waals surface area contributed by atoms with Crippen molar-refractivity contribution in [2.45, 2.75) is 6.61 Å². The Labute approximate surface area is 148 Å². The van der Waals surface area contributed by atoms with Crippen molar-refractivity contribution in [2.24, 2.45) is 0 Å². The number of carbonyl (C=O) groups is 1. The van der Waals surface area contributed by atoms with Crippen LogP contribution in [0.3, 0.4) is 0 Å². The number of carbonyl (C=O) groups excluding carboxylic acids is 1. The summed E-state index contributed by atoms with van der Waals surface area (Å²) in [5.74, 6) is 1.22. The Hall–Kier alpha value is -3.41. The van der Waals surface area contributed by atoms with E-state index in [1.54, 1.807) is 18.2 Å². The first kappa shape index (κ1) is 14.9. The smallest absolute Gasteiger partial charge is 0.339 e. The van der Waals surface area contributed by atoms with Gasteiger partial charge in [0, 0.05) is 16.5 Å². The second-order valence-corrected chi connectivity index (χ2v) is 6.15. The van der Waals surface area contributed by atoms with Gasteiger partial charge in [0.2, 0.25) is 6.79 Å². The minimum atomic E-state index is -0.375. The molecule has 3 aromatic rings.